The molecule has 0 aliphatic carbocycles. The Bertz CT molecular complexity index is 1210. The predicted octanol–water partition coefficient (Wildman–Crippen LogP) is 4.31. The second-order valence-corrected chi connectivity index (χ2v) is 9.70. The van der Waals surface area contributed by atoms with Gasteiger partial charge in [-0.15, -0.1) is 11.3 Å². The van der Waals surface area contributed by atoms with Crippen LogP contribution in [0.3, 0.4) is 0 Å². The molecule has 0 bridgehead atoms. The lowest BCUT2D eigenvalue weighted by atomic mass is 10.2. The maximum absolute atomic E-state index is 13.2. The van der Waals surface area contributed by atoms with Crippen molar-refractivity contribution < 1.29 is 19.1 Å². The molecule has 0 radical (unpaired) electrons. The van der Waals surface area contributed by atoms with Gasteiger partial charge in [0.15, 0.2) is 16.1 Å². The van der Waals surface area contributed by atoms with Crippen LogP contribution in [0.15, 0.2) is 64.9 Å². The van der Waals surface area contributed by atoms with E-state index in [4.69, 9.17) is 4.74 Å². The predicted molar refractivity (Wildman–Crippen MR) is 123 cm³/mol. The molecule has 32 heavy (non-hydrogen) atoms. The number of benzene rings is 2. The second-order valence-electron chi connectivity index (χ2n) is 7.52. The van der Waals surface area contributed by atoms with Gasteiger partial charge in [-0.2, -0.15) is 0 Å². The molecule has 0 unspecified atom stereocenters. The van der Waals surface area contributed by atoms with E-state index in [1.165, 1.54) is 34.9 Å². The van der Waals surface area contributed by atoms with Crippen LogP contribution in [0.2, 0.25) is 0 Å². The molecule has 5 rings (SSSR count). The summed E-state index contributed by atoms with van der Waals surface area (Å²) in [6, 6.07) is 17.0. The summed E-state index contributed by atoms with van der Waals surface area (Å²) in [6.07, 6.45) is -0.438. The molecule has 0 spiro atoms. The van der Waals surface area contributed by atoms with E-state index in [0.717, 1.165) is 16.2 Å². The van der Waals surface area contributed by atoms with Crippen LogP contribution in [0.1, 0.15) is 19.8 Å². The van der Waals surface area contributed by atoms with Gasteiger partial charge in [0.25, 0.3) is 5.91 Å². The monoisotopic (exact) mass is 465 g/mol. The van der Waals surface area contributed by atoms with E-state index in [-0.39, 0.29) is 12.3 Å². The number of rotatable bonds is 5. The topological polar surface area (TPSA) is 88.6 Å². The number of nitrogens with zero attached hydrogens (tertiary/aromatic N) is 2. The molecule has 1 N–H and O–H groups in total. The number of esters is 1. The molecule has 2 aliphatic rings. The maximum atomic E-state index is 13.2. The van der Waals surface area contributed by atoms with Crippen LogP contribution < -0.4 is 10.2 Å². The van der Waals surface area contributed by atoms with Crippen molar-refractivity contribution >= 4 is 51.7 Å². The molecule has 2 amide bonds. The zero-order valence-corrected chi connectivity index (χ0v) is 18.7. The molecule has 1 saturated heterocycles. The van der Waals surface area contributed by atoms with Crippen molar-refractivity contribution in [2.24, 2.45) is 0 Å². The highest BCUT2D eigenvalue weighted by Crippen LogP contribution is 2.56. The summed E-state index contributed by atoms with van der Waals surface area (Å²) in [7, 11) is 0. The molecule has 1 fully saturated rings. The van der Waals surface area contributed by atoms with Crippen LogP contribution in [-0.2, 0) is 19.1 Å². The van der Waals surface area contributed by atoms with Crippen molar-refractivity contribution in [3.8, 4) is 11.3 Å². The van der Waals surface area contributed by atoms with Gasteiger partial charge in [0, 0.05) is 28.7 Å². The number of amides is 2. The van der Waals surface area contributed by atoms with Gasteiger partial charge in [0.1, 0.15) is 0 Å². The van der Waals surface area contributed by atoms with Gasteiger partial charge in [-0.05, 0) is 19.1 Å². The summed E-state index contributed by atoms with van der Waals surface area (Å²) >= 11 is 2.61. The molecule has 2 atom stereocenters. The lowest BCUT2D eigenvalue weighted by molar-refractivity contribution is -0.155. The third-order valence-electron chi connectivity index (χ3n) is 5.45. The average Bonchev–Trinajstić information content (AvgIpc) is 3.49. The SMILES string of the molecule is C[C@H](OC(=O)[C@]12CCC(=O)N1c1ccccc1S2)C(=O)Nc1nc(-c2ccccc2)cs1. The van der Waals surface area contributed by atoms with Gasteiger partial charge < -0.3 is 4.74 Å². The number of para-hydroxylation sites is 1. The molecule has 9 heteroatoms. The summed E-state index contributed by atoms with van der Waals surface area (Å²) in [5.74, 6) is -1.18. The van der Waals surface area contributed by atoms with Crippen LogP contribution in [0, 0.1) is 0 Å². The number of thiazole rings is 1. The van der Waals surface area contributed by atoms with Crippen LogP contribution in [0.4, 0.5) is 10.8 Å². The number of ether oxygens (including phenoxy) is 1. The van der Waals surface area contributed by atoms with E-state index >= 15 is 0 Å². The summed E-state index contributed by atoms with van der Waals surface area (Å²) < 4.78 is 5.56. The zero-order valence-electron chi connectivity index (χ0n) is 17.1. The number of fused-ring (bicyclic) bond motifs is 3. The van der Waals surface area contributed by atoms with Crippen LogP contribution >= 0.6 is 23.1 Å². The van der Waals surface area contributed by atoms with E-state index in [1.807, 2.05) is 60.0 Å². The average molecular weight is 466 g/mol. The van der Waals surface area contributed by atoms with Gasteiger partial charge in [0.05, 0.1) is 11.4 Å². The molecular weight excluding hydrogens is 446 g/mol. The maximum Gasteiger partial charge on any atom is 0.344 e. The van der Waals surface area contributed by atoms with Gasteiger partial charge in [-0.1, -0.05) is 54.2 Å². The highest BCUT2D eigenvalue weighted by atomic mass is 32.2. The lowest BCUT2D eigenvalue weighted by Gasteiger charge is -2.29. The van der Waals surface area contributed by atoms with Gasteiger partial charge >= 0.3 is 5.97 Å². The van der Waals surface area contributed by atoms with Gasteiger partial charge in [-0.25, -0.2) is 9.78 Å². The summed E-state index contributed by atoms with van der Waals surface area (Å²) in [4.78, 5) is 44.0. The molecule has 2 aromatic carbocycles. The normalized spacial score (nSPS) is 19.9. The Morgan fingerprint density at radius 2 is 1.91 bits per heavy atom. The minimum Gasteiger partial charge on any atom is -0.450 e. The Morgan fingerprint density at radius 3 is 2.72 bits per heavy atom. The Labute approximate surface area is 192 Å². The number of hydrogen-bond acceptors (Lipinski definition) is 7. The fraction of sp³-hybridized carbons (Fsp3) is 0.217. The van der Waals surface area contributed by atoms with Crippen molar-refractivity contribution in [2.45, 2.75) is 35.6 Å². The number of carbonyl (C=O) groups excluding carboxylic acids is 3. The summed E-state index contributed by atoms with van der Waals surface area (Å²) in [5, 5.41) is 5.00. The number of thioether (sulfide) groups is 1. The van der Waals surface area contributed by atoms with Crippen molar-refractivity contribution in [1.82, 2.24) is 4.98 Å². The number of carbonyl (C=O) groups is 3. The summed E-state index contributed by atoms with van der Waals surface area (Å²) in [6.45, 7) is 1.52. The first-order chi connectivity index (χ1) is 15.5. The first-order valence-corrected chi connectivity index (χ1v) is 11.8. The lowest BCUT2D eigenvalue weighted by Crippen LogP contribution is -2.49. The van der Waals surface area contributed by atoms with Gasteiger partial charge in [-0.3, -0.25) is 19.8 Å². The molecule has 3 aromatic rings. The Hall–Kier alpha value is -3.17. The largest absolute Gasteiger partial charge is 0.450 e. The van der Waals surface area contributed by atoms with E-state index in [9.17, 15) is 14.4 Å². The van der Waals surface area contributed by atoms with Crippen molar-refractivity contribution in [2.75, 3.05) is 10.2 Å². The third-order valence-corrected chi connectivity index (χ3v) is 7.66. The van der Waals surface area contributed by atoms with E-state index < -0.39 is 22.9 Å². The quantitative estimate of drug-likeness (QED) is 0.565. The number of aromatic nitrogens is 1. The second kappa shape index (κ2) is 8.07. The highest BCUT2D eigenvalue weighted by molar-refractivity contribution is 8.02. The smallest absolute Gasteiger partial charge is 0.344 e. The van der Waals surface area contributed by atoms with Crippen LogP contribution in [-0.4, -0.2) is 33.7 Å². The Kier molecular flexibility index (Phi) is 5.22. The first kappa shape index (κ1) is 20.7. The zero-order chi connectivity index (χ0) is 22.3. The first-order valence-electron chi connectivity index (χ1n) is 10.1. The fourth-order valence-electron chi connectivity index (χ4n) is 3.86. The van der Waals surface area contributed by atoms with E-state index in [2.05, 4.69) is 10.3 Å². The number of hydrogen-bond donors (Lipinski definition) is 1. The van der Waals surface area contributed by atoms with E-state index in [0.29, 0.717) is 17.2 Å². The number of nitrogens with one attached hydrogen (secondary N) is 1. The fourth-order valence-corrected chi connectivity index (χ4v) is 5.98. The number of anilines is 2. The third kappa shape index (κ3) is 3.47. The molecule has 1 aromatic heterocycles. The minimum atomic E-state index is -1.16. The summed E-state index contributed by atoms with van der Waals surface area (Å²) in [5.41, 5.74) is 2.42. The minimum absolute atomic E-state index is 0.118. The van der Waals surface area contributed by atoms with Crippen LogP contribution in [0.25, 0.3) is 11.3 Å². The molecule has 7 nitrogen and oxygen atoms in total. The Morgan fingerprint density at radius 1 is 1.16 bits per heavy atom. The van der Waals surface area contributed by atoms with Crippen molar-refractivity contribution in [3.63, 3.8) is 0 Å². The highest BCUT2D eigenvalue weighted by Gasteiger charge is 2.58. The standard InChI is InChI=1S/C23H19N3O4S2/c1-14(20(28)25-22-24-16(13-31-22)15-7-3-2-4-8-15)30-21(29)23-12-11-19(27)26(23)17-9-5-6-10-18(17)32-23/h2-10,13-14H,11-12H2,1H3,(H,24,25,28)/t14-,23+/m0/s1. The molecule has 3 heterocycles. The van der Waals surface area contributed by atoms with E-state index in [1.54, 1.807) is 0 Å². The van der Waals surface area contributed by atoms with Crippen molar-refractivity contribution in [1.29, 1.82) is 0 Å². The van der Waals surface area contributed by atoms with Gasteiger partial charge in [0.2, 0.25) is 5.91 Å². The van der Waals surface area contributed by atoms with Crippen LogP contribution in [0.5, 0.6) is 0 Å². The molecular formula is C23H19N3O4S2. The van der Waals surface area contributed by atoms with Crippen molar-refractivity contribution in [3.05, 3.63) is 60.0 Å². The molecule has 162 valence electrons. The Balaban J connectivity index is 1.28. The molecule has 2 aliphatic heterocycles. The molecule has 0 saturated carbocycles.